The Morgan fingerprint density at radius 3 is 0.939 bits per heavy atom. The highest BCUT2D eigenvalue weighted by Crippen LogP contribution is 2.51. The van der Waals surface area contributed by atoms with E-state index < -0.39 is 0 Å². The van der Waals surface area contributed by atoms with Crippen LogP contribution in [0.1, 0.15) is 33.4 Å². The minimum Gasteiger partial charge on any atom is -0.311 e. The molecule has 0 unspecified atom stereocenters. The van der Waals surface area contributed by atoms with Crippen LogP contribution in [0, 0.1) is 41.5 Å². The Morgan fingerprint density at radius 2 is 0.561 bits per heavy atom. The van der Waals surface area contributed by atoms with E-state index >= 15 is 0 Å². The molecular weight excluding hydrogens is 990 g/mol. The van der Waals surface area contributed by atoms with Crippen LogP contribution in [0.5, 0.6) is 0 Å². The van der Waals surface area contributed by atoms with Gasteiger partial charge in [-0.3, -0.25) is 0 Å². The van der Waals surface area contributed by atoms with E-state index in [-0.39, 0.29) is 13.4 Å². The summed E-state index contributed by atoms with van der Waals surface area (Å²) < 4.78 is 0. The summed E-state index contributed by atoms with van der Waals surface area (Å²) in [5.41, 5.74) is 34.5. The normalized spacial score (nSPS) is 13.3. The second-order valence-corrected chi connectivity index (χ2v) is 23.3. The topological polar surface area (TPSA) is 13.0 Å². The summed E-state index contributed by atoms with van der Waals surface area (Å²) in [5, 5.41) is 2.46. The third-order valence-corrected chi connectivity index (χ3v) is 18.1. The fourth-order valence-electron chi connectivity index (χ4n) is 14.5. The van der Waals surface area contributed by atoms with Gasteiger partial charge in [-0.05, 0) is 216 Å². The fraction of sp³-hybridized carbons (Fsp3) is 0.0789. The minimum absolute atomic E-state index is 0.0252. The van der Waals surface area contributed by atoms with Crippen molar-refractivity contribution in [3.8, 4) is 22.3 Å². The first-order chi connectivity index (χ1) is 40.2. The number of nitrogens with zero attached hydrogens (tertiary/aromatic N) is 4. The SMILES string of the molecule is Cc1ccc(N2c3ccc(C)cc3B3c4ccccc4N(c4ccccc4)c4cc(-c5c(C)ccc6c(-c7cc8c9c(c7)N(c7ccc(C)cc7)c7ccc(C)cc7B9c7ccccc7N8c7ccccc7)c(C)ccc56)cc2c43)cc1. The average molecular weight is 1050 g/mol. The van der Waals surface area contributed by atoms with Crippen molar-refractivity contribution in [2.24, 2.45) is 0 Å². The maximum absolute atomic E-state index is 2.54. The number of rotatable bonds is 6. The van der Waals surface area contributed by atoms with E-state index in [2.05, 4.69) is 304 Å². The maximum Gasteiger partial charge on any atom is 0.252 e. The van der Waals surface area contributed by atoms with Crippen molar-refractivity contribution < 1.29 is 0 Å². The summed E-state index contributed by atoms with van der Waals surface area (Å²) in [4.78, 5) is 10.1. The number of hydrogen-bond acceptors (Lipinski definition) is 4. The summed E-state index contributed by atoms with van der Waals surface area (Å²) in [6.45, 7) is 13.5. The van der Waals surface area contributed by atoms with Crippen molar-refractivity contribution in [2.45, 2.75) is 41.5 Å². The summed E-state index contributed by atoms with van der Waals surface area (Å²) in [5.74, 6) is 0. The molecule has 0 N–H and O–H groups in total. The molecule has 0 aromatic heterocycles. The monoisotopic (exact) mass is 1050 g/mol. The Hall–Kier alpha value is -9.77. The van der Waals surface area contributed by atoms with Crippen molar-refractivity contribution in [3.05, 3.63) is 276 Å². The number of benzene rings is 12. The smallest absolute Gasteiger partial charge is 0.252 e. The molecule has 12 aromatic carbocycles. The van der Waals surface area contributed by atoms with Crippen molar-refractivity contribution in [2.75, 3.05) is 19.6 Å². The van der Waals surface area contributed by atoms with Crippen LogP contribution >= 0.6 is 0 Å². The molecule has 0 saturated heterocycles. The predicted molar refractivity (Wildman–Crippen MR) is 351 cm³/mol. The van der Waals surface area contributed by atoms with Crippen LogP contribution in [0.25, 0.3) is 33.0 Å². The molecule has 388 valence electrons. The van der Waals surface area contributed by atoms with E-state index in [9.17, 15) is 0 Å². The highest BCUT2D eigenvalue weighted by atomic mass is 15.2. The van der Waals surface area contributed by atoms with E-state index in [0.717, 1.165) is 22.7 Å². The number of fused-ring (bicyclic) bond motifs is 9. The Balaban J connectivity index is 0.979. The molecule has 16 rings (SSSR count). The Bertz CT molecular complexity index is 4320. The van der Waals surface area contributed by atoms with Gasteiger partial charge in [0, 0.05) is 68.2 Å². The lowest BCUT2D eigenvalue weighted by Crippen LogP contribution is -2.61. The largest absolute Gasteiger partial charge is 0.311 e. The lowest BCUT2D eigenvalue weighted by molar-refractivity contribution is 1.25. The Morgan fingerprint density at radius 1 is 0.244 bits per heavy atom. The van der Waals surface area contributed by atoms with Gasteiger partial charge in [-0.25, -0.2) is 0 Å². The second kappa shape index (κ2) is 18.4. The van der Waals surface area contributed by atoms with Gasteiger partial charge < -0.3 is 19.6 Å². The van der Waals surface area contributed by atoms with Gasteiger partial charge in [0.25, 0.3) is 13.4 Å². The van der Waals surface area contributed by atoms with Gasteiger partial charge >= 0.3 is 0 Å². The van der Waals surface area contributed by atoms with Gasteiger partial charge in [0.1, 0.15) is 0 Å². The predicted octanol–water partition coefficient (Wildman–Crippen LogP) is 16.2. The zero-order valence-corrected chi connectivity index (χ0v) is 47.0. The van der Waals surface area contributed by atoms with Crippen molar-refractivity contribution in [1.82, 2.24) is 0 Å². The molecular formula is C76H58B2N4. The fourth-order valence-corrected chi connectivity index (χ4v) is 14.5. The molecule has 12 aromatic rings. The number of aryl methyl sites for hydroxylation is 6. The highest BCUT2D eigenvalue weighted by Gasteiger charge is 2.46. The van der Waals surface area contributed by atoms with E-state index in [4.69, 9.17) is 0 Å². The number of para-hydroxylation sites is 4. The van der Waals surface area contributed by atoms with Gasteiger partial charge in [0.2, 0.25) is 0 Å². The zero-order chi connectivity index (χ0) is 55.1. The summed E-state index contributed by atoms with van der Waals surface area (Å²) in [6.07, 6.45) is 0. The van der Waals surface area contributed by atoms with Crippen LogP contribution in [0.2, 0.25) is 0 Å². The molecule has 0 aliphatic carbocycles. The first-order valence-corrected chi connectivity index (χ1v) is 28.9. The quantitative estimate of drug-likeness (QED) is 0.154. The van der Waals surface area contributed by atoms with Crippen LogP contribution < -0.4 is 52.4 Å². The van der Waals surface area contributed by atoms with Crippen LogP contribution in [0.3, 0.4) is 0 Å². The molecule has 0 amide bonds. The molecule has 4 aliphatic heterocycles. The van der Waals surface area contributed by atoms with Crippen LogP contribution in [-0.2, 0) is 0 Å². The van der Waals surface area contributed by atoms with E-state index in [0.29, 0.717) is 0 Å². The third kappa shape index (κ3) is 7.20. The zero-order valence-electron chi connectivity index (χ0n) is 47.0. The Kier molecular flexibility index (Phi) is 10.8. The summed E-state index contributed by atoms with van der Waals surface area (Å²) in [6, 6.07) is 92.1. The molecule has 0 atom stereocenters. The van der Waals surface area contributed by atoms with Gasteiger partial charge in [-0.2, -0.15) is 0 Å². The Labute approximate surface area is 482 Å². The molecule has 0 radical (unpaired) electrons. The molecule has 4 nitrogen and oxygen atoms in total. The molecule has 82 heavy (non-hydrogen) atoms. The molecule has 0 saturated carbocycles. The van der Waals surface area contributed by atoms with Crippen LogP contribution in [0.15, 0.2) is 243 Å². The third-order valence-electron chi connectivity index (χ3n) is 18.1. The van der Waals surface area contributed by atoms with Gasteiger partial charge in [0.05, 0.1) is 0 Å². The van der Waals surface area contributed by atoms with Crippen molar-refractivity contribution >= 4 is 125 Å². The van der Waals surface area contributed by atoms with Crippen LogP contribution in [0.4, 0.5) is 68.2 Å². The molecule has 6 heteroatoms. The van der Waals surface area contributed by atoms with Gasteiger partial charge in [0.15, 0.2) is 0 Å². The maximum atomic E-state index is 2.54. The minimum atomic E-state index is 0.0252. The van der Waals surface area contributed by atoms with E-state index in [1.54, 1.807) is 0 Å². The van der Waals surface area contributed by atoms with Crippen LogP contribution in [-0.4, -0.2) is 13.4 Å². The molecule has 4 heterocycles. The first-order valence-electron chi connectivity index (χ1n) is 28.9. The number of anilines is 12. The molecule has 0 bridgehead atoms. The van der Waals surface area contributed by atoms with Gasteiger partial charge in [-0.15, -0.1) is 0 Å². The van der Waals surface area contributed by atoms with E-state index in [1.807, 2.05) is 0 Å². The average Bonchev–Trinajstić information content (AvgIpc) is 2.43. The number of hydrogen-bond donors (Lipinski definition) is 0. The van der Waals surface area contributed by atoms with E-state index in [1.165, 1.54) is 145 Å². The van der Waals surface area contributed by atoms with Gasteiger partial charge in [-0.1, -0.05) is 168 Å². The lowest BCUT2D eigenvalue weighted by atomic mass is 9.33. The van der Waals surface area contributed by atoms with Crippen molar-refractivity contribution in [3.63, 3.8) is 0 Å². The lowest BCUT2D eigenvalue weighted by Gasteiger charge is -2.44. The van der Waals surface area contributed by atoms with Crippen molar-refractivity contribution in [1.29, 1.82) is 0 Å². The molecule has 0 spiro atoms. The summed E-state index contributed by atoms with van der Waals surface area (Å²) in [7, 11) is 0. The standard InChI is InChI=1S/C76H58B2N4/c1-47-25-33-57(34-26-47)81-67-39-29-49(3)41-63(67)77-61-21-13-15-23-65(61)79(55-17-9-7-10-18-55)69-43-53(45-71(81)75(69)77)73-51(5)31-38-60-59(73)37-32-52(6)74(60)54-44-70-76-72(46-54)82(58-35-27-48(2)28-36-58)68-40-30-50(4)42-64(68)78(76)62-22-14-16-24-66(62)80(70)56-19-11-8-12-20-56/h7-46H,1-6H3. The molecule has 0 fully saturated rings. The molecule has 4 aliphatic rings. The highest BCUT2D eigenvalue weighted by molar-refractivity contribution is 7.01. The second-order valence-electron chi connectivity index (χ2n) is 23.3. The summed E-state index contributed by atoms with van der Waals surface area (Å²) >= 11 is 0. The first kappa shape index (κ1) is 48.2.